The smallest absolute Gasteiger partial charge is 0.332 e. The number of fused-ring (bicyclic) bond motifs is 1. The van der Waals surface area contributed by atoms with Crippen LogP contribution in [0.5, 0.6) is 0 Å². The lowest BCUT2D eigenvalue weighted by molar-refractivity contribution is 0.218. The third-order valence-electron chi connectivity index (χ3n) is 3.60. The van der Waals surface area contributed by atoms with Crippen molar-refractivity contribution in [3.8, 4) is 0 Å². The Morgan fingerprint density at radius 1 is 1.29 bits per heavy atom. The van der Waals surface area contributed by atoms with E-state index < -0.39 is 0 Å². The first kappa shape index (κ1) is 15.5. The van der Waals surface area contributed by atoms with Crippen LogP contribution in [0.4, 0.5) is 0 Å². The van der Waals surface area contributed by atoms with Gasteiger partial charge >= 0.3 is 5.69 Å². The number of hydrogen-bond donors (Lipinski definition) is 1. The number of aliphatic hydroxyl groups excluding tert-OH is 1. The van der Waals surface area contributed by atoms with Crippen molar-refractivity contribution in [3.05, 3.63) is 27.2 Å². The van der Waals surface area contributed by atoms with Gasteiger partial charge in [-0.1, -0.05) is 0 Å². The summed E-state index contributed by atoms with van der Waals surface area (Å²) in [6.45, 7) is 1.73. The molecule has 0 aliphatic carbocycles. The number of nitrogens with zero attached hydrogens (tertiary/aromatic N) is 5. The molecule has 116 valence electrons. The van der Waals surface area contributed by atoms with E-state index >= 15 is 0 Å². The molecule has 0 radical (unpaired) electrons. The fraction of sp³-hybridized carbons (Fsp3) is 0.615. The molecule has 0 aliphatic rings. The number of likely N-dealkylation sites (N-methyl/N-ethyl adjacent to an activating group) is 1. The Morgan fingerprint density at radius 3 is 2.67 bits per heavy atom. The van der Waals surface area contributed by atoms with Gasteiger partial charge in [0.1, 0.15) is 0 Å². The molecule has 2 aromatic rings. The van der Waals surface area contributed by atoms with Crippen LogP contribution >= 0.6 is 0 Å². The van der Waals surface area contributed by atoms with E-state index in [1.165, 1.54) is 15.5 Å². The molecule has 2 rings (SSSR count). The predicted molar refractivity (Wildman–Crippen MR) is 79.4 cm³/mol. The zero-order chi connectivity index (χ0) is 15.6. The summed E-state index contributed by atoms with van der Waals surface area (Å²) in [5.41, 5.74) is 0.177. The molecular formula is C13H21N5O3. The van der Waals surface area contributed by atoms with Gasteiger partial charge in [0.15, 0.2) is 11.2 Å². The van der Waals surface area contributed by atoms with E-state index in [1.807, 2.05) is 11.9 Å². The average molecular weight is 295 g/mol. The Morgan fingerprint density at radius 2 is 2.00 bits per heavy atom. The van der Waals surface area contributed by atoms with Gasteiger partial charge in [-0.15, -0.1) is 0 Å². The second-order valence-electron chi connectivity index (χ2n) is 5.21. The van der Waals surface area contributed by atoms with Crippen LogP contribution < -0.4 is 11.2 Å². The first-order valence-electron chi connectivity index (χ1n) is 6.87. The molecule has 8 nitrogen and oxygen atoms in total. The molecule has 0 unspecified atom stereocenters. The van der Waals surface area contributed by atoms with Gasteiger partial charge in [0, 0.05) is 27.2 Å². The van der Waals surface area contributed by atoms with Gasteiger partial charge in [-0.05, 0) is 20.0 Å². The predicted octanol–water partition coefficient (Wildman–Crippen LogP) is -1.25. The summed E-state index contributed by atoms with van der Waals surface area (Å²) in [5.74, 6) is 0. The number of rotatable bonds is 6. The highest BCUT2D eigenvalue weighted by Gasteiger charge is 2.14. The number of hydrogen-bond acceptors (Lipinski definition) is 5. The molecule has 21 heavy (non-hydrogen) atoms. The van der Waals surface area contributed by atoms with E-state index in [1.54, 1.807) is 18.7 Å². The van der Waals surface area contributed by atoms with Crippen molar-refractivity contribution in [2.75, 3.05) is 26.7 Å². The minimum Gasteiger partial charge on any atom is -0.395 e. The van der Waals surface area contributed by atoms with E-state index in [2.05, 4.69) is 4.98 Å². The molecule has 0 bridgehead atoms. The Kier molecular flexibility index (Phi) is 4.59. The van der Waals surface area contributed by atoms with Crippen LogP contribution in [-0.2, 0) is 20.6 Å². The van der Waals surface area contributed by atoms with Crippen molar-refractivity contribution >= 4 is 11.2 Å². The van der Waals surface area contributed by atoms with E-state index in [9.17, 15) is 9.59 Å². The third-order valence-corrected chi connectivity index (χ3v) is 3.60. The molecule has 0 atom stereocenters. The zero-order valence-corrected chi connectivity index (χ0v) is 12.6. The van der Waals surface area contributed by atoms with Gasteiger partial charge in [0.05, 0.1) is 12.9 Å². The molecule has 2 heterocycles. The molecule has 0 aliphatic heterocycles. The zero-order valence-electron chi connectivity index (χ0n) is 12.6. The molecule has 0 saturated carbocycles. The number of imidazole rings is 1. The number of aliphatic hydroxyl groups is 1. The summed E-state index contributed by atoms with van der Waals surface area (Å²) < 4.78 is 4.27. The minimum absolute atomic E-state index is 0.0964. The van der Waals surface area contributed by atoms with Gasteiger partial charge in [0.2, 0.25) is 0 Å². The third kappa shape index (κ3) is 2.91. The monoisotopic (exact) mass is 295 g/mol. The van der Waals surface area contributed by atoms with Crippen molar-refractivity contribution in [2.45, 2.75) is 13.0 Å². The van der Waals surface area contributed by atoms with Gasteiger partial charge < -0.3 is 14.6 Å². The standard InChI is InChI=1S/C13H21N5O3/c1-15(7-8-19)5-4-6-18-12(20)10-11(14-9-16(10)2)17(3)13(18)21/h9,19H,4-8H2,1-3H3. The minimum atomic E-state index is -0.351. The van der Waals surface area contributed by atoms with Crippen LogP contribution in [0.15, 0.2) is 15.9 Å². The summed E-state index contributed by atoms with van der Waals surface area (Å²) in [5, 5.41) is 8.84. The Hall–Kier alpha value is -1.93. The Labute approximate surface area is 121 Å². The van der Waals surface area contributed by atoms with Crippen LogP contribution in [0, 0.1) is 0 Å². The summed E-state index contributed by atoms with van der Waals surface area (Å²) in [4.78, 5) is 30.7. The first-order chi connectivity index (χ1) is 9.97. The average Bonchev–Trinajstić information content (AvgIpc) is 2.83. The molecule has 2 aromatic heterocycles. The van der Waals surface area contributed by atoms with Crippen LogP contribution in [0.2, 0.25) is 0 Å². The van der Waals surface area contributed by atoms with E-state index in [-0.39, 0.29) is 17.9 Å². The van der Waals surface area contributed by atoms with Gasteiger partial charge in [-0.25, -0.2) is 9.78 Å². The van der Waals surface area contributed by atoms with Crippen molar-refractivity contribution in [2.24, 2.45) is 14.1 Å². The van der Waals surface area contributed by atoms with Gasteiger partial charge in [0.25, 0.3) is 5.56 Å². The molecule has 8 heteroatoms. The fourth-order valence-electron chi connectivity index (χ4n) is 2.37. The van der Waals surface area contributed by atoms with Crippen LogP contribution in [0.25, 0.3) is 11.2 Å². The Bertz CT molecular complexity index is 743. The van der Waals surface area contributed by atoms with E-state index in [0.717, 1.165) is 0 Å². The SMILES string of the molecule is CN(CCO)CCCn1c(=O)c2c(ncn2C)n(C)c1=O. The maximum Gasteiger partial charge on any atom is 0.332 e. The highest BCUT2D eigenvalue weighted by atomic mass is 16.3. The molecule has 0 aromatic carbocycles. The molecule has 0 spiro atoms. The lowest BCUT2D eigenvalue weighted by atomic mass is 10.3. The summed E-state index contributed by atoms with van der Waals surface area (Å²) in [6.07, 6.45) is 2.19. The highest BCUT2D eigenvalue weighted by molar-refractivity contribution is 5.69. The van der Waals surface area contributed by atoms with Crippen molar-refractivity contribution in [1.29, 1.82) is 0 Å². The molecule has 0 saturated heterocycles. The topological polar surface area (TPSA) is 85.3 Å². The van der Waals surface area contributed by atoms with Gasteiger partial charge in [-0.3, -0.25) is 13.9 Å². The lowest BCUT2D eigenvalue weighted by Gasteiger charge is -2.15. The van der Waals surface area contributed by atoms with E-state index in [0.29, 0.717) is 37.2 Å². The summed E-state index contributed by atoms with van der Waals surface area (Å²) in [7, 11) is 5.24. The maximum absolute atomic E-state index is 12.4. The van der Waals surface area contributed by atoms with E-state index in [4.69, 9.17) is 5.11 Å². The second kappa shape index (κ2) is 6.23. The Balaban J connectivity index is 2.30. The van der Waals surface area contributed by atoms with Crippen LogP contribution in [-0.4, -0.2) is 55.4 Å². The van der Waals surface area contributed by atoms with Gasteiger partial charge in [-0.2, -0.15) is 0 Å². The summed E-state index contributed by atoms with van der Waals surface area (Å²) >= 11 is 0. The first-order valence-corrected chi connectivity index (χ1v) is 6.87. The summed E-state index contributed by atoms with van der Waals surface area (Å²) in [6, 6.07) is 0. The molecular weight excluding hydrogens is 274 g/mol. The van der Waals surface area contributed by atoms with Crippen LogP contribution in [0.1, 0.15) is 6.42 Å². The fourth-order valence-corrected chi connectivity index (χ4v) is 2.37. The largest absolute Gasteiger partial charge is 0.395 e. The number of aryl methyl sites for hydroxylation is 2. The van der Waals surface area contributed by atoms with Crippen LogP contribution in [0.3, 0.4) is 0 Å². The maximum atomic E-state index is 12.4. The van der Waals surface area contributed by atoms with Crippen molar-refractivity contribution in [3.63, 3.8) is 0 Å². The lowest BCUT2D eigenvalue weighted by Crippen LogP contribution is -2.40. The molecule has 0 fully saturated rings. The molecule has 1 N–H and O–H groups in total. The quantitative estimate of drug-likeness (QED) is 0.719. The van der Waals surface area contributed by atoms with Crippen molar-refractivity contribution in [1.82, 2.24) is 23.6 Å². The normalized spacial score (nSPS) is 11.7. The van der Waals surface area contributed by atoms with Crippen molar-refractivity contribution < 1.29 is 5.11 Å². The highest BCUT2D eigenvalue weighted by Crippen LogP contribution is 2.03. The molecule has 0 amide bonds. The number of aromatic nitrogens is 4. The second-order valence-corrected chi connectivity index (χ2v) is 5.21.